The van der Waals surface area contributed by atoms with Crippen molar-refractivity contribution in [2.45, 2.75) is 24.2 Å². The van der Waals surface area contributed by atoms with Crippen LogP contribution in [-0.2, 0) is 26.0 Å². The number of nitrogens with two attached hydrogens (primary N) is 1. The number of para-hydroxylation sites is 1. The number of esters is 1. The number of fused-ring (bicyclic) bond motifs is 1. The van der Waals surface area contributed by atoms with Gasteiger partial charge in [0, 0.05) is 6.54 Å². The van der Waals surface area contributed by atoms with Crippen molar-refractivity contribution in [1.82, 2.24) is 0 Å². The Balaban J connectivity index is 1.91. The summed E-state index contributed by atoms with van der Waals surface area (Å²) in [6.45, 7) is 0.140. The molecule has 3 rings (SSSR count). The molecule has 0 aliphatic carbocycles. The third-order valence-corrected chi connectivity index (χ3v) is 6.53. The molecule has 0 bridgehead atoms. The second-order valence-electron chi connectivity index (χ2n) is 6.30. The molecule has 1 heterocycles. The van der Waals surface area contributed by atoms with Crippen LogP contribution in [0.2, 0.25) is 5.02 Å². The lowest BCUT2D eigenvalue weighted by atomic mass is 10.0. The van der Waals surface area contributed by atoms with Gasteiger partial charge < -0.3 is 10.5 Å². The van der Waals surface area contributed by atoms with Gasteiger partial charge in [0.2, 0.25) is 5.91 Å². The molecule has 0 radical (unpaired) electrons. The Hall–Kier alpha value is -2.58. The van der Waals surface area contributed by atoms with Crippen LogP contribution < -0.4 is 10.0 Å². The number of nitrogens with zero attached hydrogens (tertiary/aromatic N) is 1. The number of sulfonamides is 1. The first-order chi connectivity index (χ1) is 13.3. The molecule has 0 spiro atoms. The topological polar surface area (TPSA) is 107 Å². The quantitative estimate of drug-likeness (QED) is 0.720. The largest absolute Gasteiger partial charge is 0.462 e. The van der Waals surface area contributed by atoms with E-state index in [1.165, 1.54) is 22.5 Å². The van der Waals surface area contributed by atoms with Crippen LogP contribution in [0.5, 0.6) is 0 Å². The summed E-state index contributed by atoms with van der Waals surface area (Å²) in [5.41, 5.74) is 6.51. The molecule has 1 aliphatic rings. The van der Waals surface area contributed by atoms with Crippen LogP contribution in [0.4, 0.5) is 5.69 Å². The fourth-order valence-electron chi connectivity index (χ4n) is 3.02. The van der Waals surface area contributed by atoms with Crippen LogP contribution in [0.25, 0.3) is 0 Å². The predicted octanol–water partition coefficient (Wildman–Crippen LogP) is 2.51. The summed E-state index contributed by atoms with van der Waals surface area (Å²) in [4.78, 5) is 22.9. The molecule has 28 heavy (non-hydrogen) atoms. The standard InChI is InChI=1S/C19H19ClN2O5S/c20-16-8-7-14(12-15(16)19(24)27-11-9-18(21)23)28(25,26)22-10-3-5-13-4-1-2-6-17(13)22/h1-2,4,6-8,12H,3,5,9-11H2,(H2,21,23). The first-order valence-corrected chi connectivity index (χ1v) is 10.5. The van der Waals surface area contributed by atoms with Crippen LogP contribution in [0.15, 0.2) is 47.4 Å². The highest BCUT2D eigenvalue weighted by molar-refractivity contribution is 7.92. The van der Waals surface area contributed by atoms with Gasteiger partial charge >= 0.3 is 5.97 Å². The van der Waals surface area contributed by atoms with E-state index in [0.717, 1.165) is 12.0 Å². The number of hydrogen-bond donors (Lipinski definition) is 1. The van der Waals surface area contributed by atoms with Crippen LogP contribution >= 0.6 is 11.6 Å². The molecule has 2 aromatic rings. The average molecular weight is 423 g/mol. The van der Waals surface area contributed by atoms with E-state index in [9.17, 15) is 18.0 Å². The maximum absolute atomic E-state index is 13.2. The Morgan fingerprint density at radius 2 is 1.93 bits per heavy atom. The summed E-state index contributed by atoms with van der Waals surface area (Å²) in [5, 5.41) is 0.0575. The second kappa shape index (κ2) is 8.20. The molecule has 0 saturated carbocycles. The maximum atomic E-state index is 13.2. The van der Waals surface area contributed by atoms with Crippen molar-refractivity contribution in [2.75, 3.05) is 17.5 Å². The van der Waals surface area contributed by atoms with E-state index in [1.54, 1.807) is 12.1 Å². The average Bonchev–Trinajstić information content (AvgIpc) is 2.67. The molecular formula is C19H19ClN2O5S. The van der Waals surface area contributed by atoms with Crippen LogP contribution in [0, 0.1) is 0 Å². The predicted molar refractivity (Wildman–Crippen MR) is 105 cm³/mol. The number of benzene rings is 2. The zero-order chi connectivity index (χ0) is 20.3. The summed E-state index contributed by atoms with van der Waals surface area (Å²) >= 11 is 6.05. The van der Waals surface area contributed by atoms with Gasteiger partial charge in [-0.15, -0.1) is 0 Å². The molecule has 0 unspecified atom stereocenters. The van der Waals surface area contributed by atoms with E-state index in [4.69, 9.17) is 22.1 Å². The minimum absolute atomic E-state index is 0.0575. The van der Waals surface area contributed by atoms with Crippen molar-refractivity contribution in [3.63, 3.8) is 0 Å². The molecule has 2 aromatic carbocycles. The number of carbonyl (C=O) groups excluding carboxylic acids is 2. The monoisotopic (exact) mass is 422 g/mol. The summed E-state index contributed by atoms with van der Waals surface area (Å²) in [6.07, 6.45) is 1.37. The summed E-state index contributed by atoms with van der Waals surface area (Å²) in [5.74, 6) is -1.43. The number of ether oxygens (including phenoxy) is 1. The van der Waals surface area contributed by atoms with Crippen LogP contribution in [0.3, 0.4) is 0 Å². The molecule has 7 nitrogen and oxygen atoms in total. The molecule has 2 N–H and O–H groups in total. The smallest absolute Gasteiger partial charge is 0.339 e. The number of aryl methyl sites for hydroxylation is 1. The fourth-order valence-corrected chi connectivity index (χ4v) is 4.78. The lowest BCUT2D eigenvalue weighted by Crippen LogP contribution is -2.35. The van der Waals surface area contributed by atoms with Gasteiger partial charge in [-0.05, 0) is 42.7 Å². The molecule has 9 heteroatoms. The van der Waals surface area contributed by atoms with Gasteiger partial charge in [-0.1, -0.05) is 29.8 Å². The number of amides is 1. The van der Waals surface area contributed by atoms with Crippen molar-refractivity contribution < 1.29 is 22.7 Å². The maximum Gasteiger partial charge on any atom is 0.339 e. The number of carbonyl (C=O) groups is 2. The SMILES string of the molecule is NC(=O)CCOC(=O)c1cc(S(=O)(=O)N2CCCc3ccccc32)ccc1Cl. The summed E-state index contributed by atoms with van der Waals surface area (Å²) in [7, 11) is -3.89. The van der Waals surface area contributed by atoms with Crippen molar-refractivity contribution in [1.29, 1.82) is 0 Å². The summed E-state index contributed by atoms with van der Waals surface area (Å²) < 4.78 is 32.7. The van der Waals surface area contributed by atoms with E-state index in [2.05, 4.69) is 0 Å². The third-order valence-electron chi connectivity index (χ3n) is 4.39. The first-order valence-electron chi connectivity index (χ1n) is 8.66. The first kappa shape index (κ1) is 20.2. The molecule has 0 atom stereocenters. The minimum atomic E-state index is -3.89. The van der Waals surface area contributed by atoms with Gasteiger partial charge in [-0.3, -0.25) is 9.10 Å². The Morgan fingerprint density at radius 1 is 1.18 bits per heavy atom. The minimum Gasteiger partial charge on any atom is -0.462 e. The van der Waals surface area contributed by atoms with E-state index >= 15 is 0 Å². The molecule has 1 aliphatic heterocycles. The number of hydrogen-bond acceptors (Lipinski definition) is 5. The Morgan fingerprint density at radius 3 is 2.68 bits per heavy atom. The van der Waals surface area contributed by atoms with Gasteiger partial charge in [0.25, 0.3) is 10.0 Å². The molecular weight excluding hydrogens is 404 g/mol. The highest BCUT2D eigenvalue weighted by Gasteiger charge is 2.30. The zero-order valence-electron chi connectivity index (χ0n) is 14.9. The van der Waals surface area contributed by atoms with Gasteiger partial charge in [-0.25, -0.2) is 13.2 Å². The number of halogens is 1. The van der Waals surface area contributed by atoms with Gasteiger partial charge in [0.05, 0.1) is 27.6 Å². The summed E-state index contributed by atoms with van der Waals surface area (Å²) in [6, 6.07) is 11.2. The lowest BCUT2D eigenvalue weighted by Gasteiger charge is -2.30. The molecule has 0 aromatic heterocycles. The van der Waals surface area contributed by atoms with E-state index < -0.39 is 21.9 Å². The second-order valence-corrected chi connectivity index (χ2v) is 8.57. The Labute approximate surface area is 168 Å². The molecule has 148 valence electrons. The fraction of sp³-hybridized carbons (Fsp3) is 0.263. The lowest BCUT2D eigenvalue weighted by molar-refractivity contribution is -0.118. The van der Waals surface area contributed by atoms with Gasteiger partial charge in [0.1, 0.15) is 6.61 Å². The van der Waals surface area contributed by atoms with Gasteiger partial charge in [-0.2, -0.15) is 0 Å². The van der Waals surface area contributed by atoms with Gasteiger partial charge in [0.15, 0.2) is 0 Å². The van der Waals surface area contributed by atoms with Crippen molar-refractivity contribution >= 4 is 39.2 Å². The molecule has 0 saturated heterocycles. The van der Waals surface area contributed by atoms with Crippen LogP contribution in [0.1, 0.15) is 28.8 Å². The third kappa shape index (κ3) is 4.13. The van der Waals surface area contributed by atoms with E-state index in [-0.39, 0.29) is 28.5 Å². The Kier molecular flexibility index (Phi) is 5.90. The highest BCUT2D eigenvalue weighted by Crippen LogP contribution is 2.32. The molecule has 1 amide bonds. The van der Waals surface area contributed by atoms with Crippen molar-refractivity contribution in [3.8, 4) is 0 Å². The Bertz CT molecular complexity index is 1020. The highest BCUT2D eigenvalue weighted by atomic mass is 35.5. The van der Waals surface area contributed by atoms with Crippen molar-refractivity contribution in [3.05, 3.63) is 58.6 Å². The molecule has 0 fully saturated rings. The van der Waals surface area contributed by atoms with Crippen LogP contribution in [-0.4, -0.2) is 33.4 Å². The number of primary amides is 1. The van der Waals surface area contributed by atoms with E-state index in [1.807, 2.05) is 12.1 Å². The number of rotatable bonds is 6. The van der Waals surface area contributed by atoms with Crippen molar-refractivity contribution in [2.24, 2.45) is 5.73 Å². The van der Waals surface area contributed by atoms with E-state index in [0.29, 0.717) is 18.7 Å². The normalized spacial score (nSPS) is 13.7. The zero-order valence-corrected chi connectivity index (χ0v) is 16.5. The number of anilines is 1.